The van der Waals surface area contributed by atoms with Crippen molar-refractivity contribution in [2.45, 2.75) is 26.2 Å². The van der Waals surface area contributed by atoms with Crippen LogP contribution in [0.25, 0.3) is 6.08 Å². The molecule has 6 nitrogen and oxygen atoms in total. The van der Waals surface area contributed by atoms with E-state index in [-0.39, 0.29) is 5.57 Å². The van der Waals surface area contributed by atoms with Crippen molar-refractivity contribution >= 4 is 23.6 Å². The number of esters is 1. The Balaban J connectivity index is 1.95. The highest BCUT2D eigenvalue weighted by Crippen LogP contribution is 2.14. The molecule has 0 atom stereocenters. The van der Waals surface area contributed by atoms with E-state index in [1.807, 2.05) is 6.07 Å². The summed E-state index contributed by atoms with van der Waals surface area (Å²) >= 11 is 0. The third kappa shape index (κ3) is 5.64. The van der Waals surface area contributed by atoms with Gasteiger partial charge in [-0.05, 0) is 42.8 Å². The summed E-state index contributed by atoms with van der Waals surface area (Å²) < 4.78 is 10.3. The van der Waals surface area contributed by atoms with Crippen LogP contribution in [0, 0.1) is 11.3 Å². The number of carbonyl (C=O) groups excluding carboxylic acids is 2. The molecular weight excluding hydrogens is 332 g/mol. The van der Waals surface area contributed by atoms with Crippen molar-refractivity contribution in [2.24, 2.45) is 0 Å². The molecule has 0 bridgehead atoms. The highest BCUT2D eigenvalue weighted by atomic mass is 16.5. The van der Waals surface area contributed by atoms with Gasteiger partial charge in [0, 0.05) is 11.8 Å². The molecule has 2 rings (SSSR count). The summed E-state index contributed by atoms with van der Waals surface area (Å²) in [7, 11) is 0. The van der Waals surface area contributed by atoms with Gasteiger partial charge in [0.25, 0.3) is 5.91 Å². The van der Waals surface area contributed by atoms with Crippen LogP contribution in [0.1, 0.15) is 42.3 Å². The molecule has 1 amide bonds. The third-order valence-corrected chi connectivity index (χ3v) is 3.55. The molecule has 0 aliphatic heterocycles. The van der Waals surface area contributed by atoms with Gasteiger partial charge < -0.3 is 14.5 Å². The number of hydrogen-bond donors (Lipinski definition) is 1. The molecule has 6 heteroatoms. The average Bonchev–Trinajstić information content (AvgIpc) is 3.17. The maximum absolute atomic E-state index is 12.2. The van der Waals surface area contributed by atoms with E-state index in [1.165, 1.54) is 12.3 Å². The van der Waals surface area contributed by atoms with Gasteiger partial charge in [-0.15, -0.1) is 0 Å². The summed E-state index contributed by atoms with van der Waals surface area (Å²) in [6, 6.07) is 11.5. The number of rotatable bonds is 8. The molecular formula is C20H20N2O4. The first-order chi connectivity index (χ1) is 12.6. The number of unbranched alkanes of at least 4 members (excludes halogenated alkanes) is 2. The van der Waals surface area contributed by atoms with Crippen LogP contribution in [-0.2, 0) is 9.53 Å². The molecule has 0 radical (unpaired) electrons. The quantitative estimate of drug-likeness (QED) is 0.333. The van der Waals surface area contributed by atoms with Crippen molar-refractivity contribution in [1.29, 1.82) is 5.26 Å². The number of carbonyl (C=O) groups is 2. The Morgan fingerprint density at radius 2 is 2.00 bits per heavy atom. The minimum Gasteiger partial charge on any atom is -0.465 e. The van der Waals surface area contributed by atoms with Crippen molar-refractivity contribution in [3.8, 4) is 6.07 Å². The fraction of sp³-hybridized carbons (Fsp3) is 0.250. The van der Waals surface area contributed by atoms with Crippen molar-refractivity contribution < 1.29 is 18.7 Å². The van der Waals surface area contributed by atoms with Crippen molar-refractivity contribution in [2.75, 3.05) is 11.9 Å². The van der Waals surface area contributed by atoms with Gasteiger partial charge in [-0.1, -0.05) is 19.8 Å². The molecule has 1 heterocycles. The summed E-state index contributed by atoms with van der Waals surface area (Å²) in [5.41, 5.74) is 0.795. The van der Waals surface area contributed by atoms with Crippen LogP contribution in [0.5, 0.6) is 0 Å². The molecule has 0 aliphatic rings. The van der Waals surface area contributed by atoms with Crippen LogP contribution in [-0.4, -0.2) is 18.5 Å². The fourth-order valence-electron chi connectivity index (χ4n) is 2.15. The summed E-state index contributed by atoms with van der Waals surface area (Å²) in [6.45, 7) is 2.48. The number of nitrogens with zero attached hydrogens (tertiary/aromatic N) is 1. The maximum Gasteiger partial charge on any atom is 0.338 e. The molecule has 1 aromatic carbocycles. The van der Waals surface area contributed by atoms with Gasteiger partial charge in [0.1, 0.15) is 17.4 Å². The number of furan rings is 1. The molecule has 1 N–H and O–H groups in total. The van der Waals surface area contributed by atoms with Crippen LogP contribution in [0.2, 0.25) is 0 Å². The molecule has 134 valence electrons. The first-order valence-electron chi connectivity index (χ1n) is 8.38. The highest BCUT2D eigenvalue weighted by molar-refractivity contribution is 6.09. The molecule has 0 unspecified atom stereocenters. The lowest BCUT2D eigenvalue weighted by atomic mass is 10.2. The predicted molar refractivity (Wildman–Crippen MR) is 97.2 cm³/mol. The first-order valence-corrected chi connectivity index (χ1v) is 8.38. The number of benzene rings is 1. The van der Waals surface area contributed by atoms with Crippen LogP contribution >= 0.6 is 0 Å². The van der Waals surface area contributed by atoms with E-state index in [0.717, 1.165) is 19.3 Å². The molecule has 2 aromatic rings. The molecule has 26 heavy (non-hydrogen) atoms. The van der Waals surface area contributed by atoms with E-state index in [2.05, 4.69) is 12.2 Å². The molecule has 0 saturated heterocycles. The number of amides is 1. The summed E-state index contributed by atoms with van der Waals surface area (Å²) in [5.74, 6) is -0.536. The van der Waals surface area contributed by atoms with E-state index in [1.54, 1.807) is 36.4 Å². The van der Waals surface area contributed by atoms with E-state index in [0.29, 0.717) is 23.6 Å². The van der Waals surface area contributed by atoms with Gasteiger partial charge in [-0.25, -0.2) is 4.79 Å². The number of hydrogen-bond acceptors (Lipinski definition) is 5. The molecule has 0 saturated carbocycles. The zero-order chi connectivity index (χ0) is 18.8. The second-order valence-corrected chi connectivity index (χ2v) is 5.56. The molecule has 0 fully saturated rings. The number of nitriles is 1. The Bertz CT molecular complexity index is 799. The zero-order valence-electron chi connectivity index (χ0n) is 14.5. The Labute approximate surface area is 152 Å². The molecule has 1 aromatic heterocycles. The first kappa shape index (κ1) is 19.0. The van der Waals surface area contributed by atoms with E-state index >= 15 is 0 Å². The van der Waals surface area contributed by atoms with Crippen molar-refractivity contribution in [3.63, 3.8) is 0 Å². The van der Waals surface area contributed by atoms with Crippen molar-refractivity contribution in [3.05, 3.63) is 59.6 Å². The average molecular weight is 352 g/mol. The highest BCUT2D eigenvalue weighted by Gasteiger charge is 2.11. The zero-order valence-corrected chi connectivity index (χ0v) is 14.5. The SMILES string of the molecule is CCCCCOC(=O)c1ccc(NC(=O)/C(C#N)=C/c2ccco2)cc1. The van der Waals surface area contributed by atoms with Gasteiger partial charge >= 0.3 is 5.97 Å². The molecule has 0 aliphatic carbocycles. The minimum absolute atomic E-state index is 0.0839. The summed E-state index contributed by atoms with van der Waals surface area (Å²) in [6.07, 6.45) is 5.74. The van der Waals surface area contributed by atoms with E-state index in [9.17, 15) is 9.59 Å². The smallest absolute Gasteiger partial charge is 0.338 e. The van der Waals surface area contributed by atoms with Crippen LogP contribution in [0.3, 0.4) is 0 Å². The fourth-order valence-corrected chi connectivity index (χ4v) is 2.15. The largest absolute Gasteiger partial charge is 0.465 e. The second-order valence-electron chi connectivity index (χ2n) is 5.56. The van der Waals surface area contributed by atoms with Crippen molar-refractivity contribution in [1.82, 2.24) is 0 Å². The Morgan fingerprint density at radius 3 is 2.62 bits per heavy atom. The van der Waals surface area contributed by atoms with Gasteiger partial charge in [0.15, 0.2) is 0 Å². The lowest BCUT2D eigenvalue weighted by Crippen LogP contribution is -2.13. The number of ether oxygens (including phenoxy) is 1. The number of nitrogens with one attached hydrogen (secondary N) is 1. The van der Waals surface area contributed by atoms with Gasteiger partial charge in [-0.3, -0.25) is 4.79 Å². The Kier molecular flexibility index (Phi) is 7.19. The Hall–Kier alpha value is -3.33. The van der Waals surface area contributed by atoms with Gasteiger partial charge in [0.2, 0.25) is 0 Å². The van der Waals surface area contributed by atoms with E-state index < -0.39 is 11.9 Å². The molecule has 0 spiro atoms. The summed E-state index contributed by atoms with van der Waals surface area (Å²) in [5, 5.41) is 11.7. The monoisotopic (exact) mass is 352 g/mol. The second kappa shape index (κ2) is 9.84. The predicted octanol–water partition coefficient (Wildman–Crippen LogP) is 4.17. The lowest BCUT2D eigenvalue weighted by molar-refractivity contribution is -0.112. The topological polar surface area (TPSA) is 92.3 Å². The standard InChI is InChI=1S/C20H20N2O4/c1-2-3-4-11-26-20(24)15-7-9-17(10-8-15)22-19(23)16(14-21)13-18-6-5-12-25-18/h5-10,12-13H,2-4,11H2,1H3,(H,22,23)/b16-13+. The summed E-state index contributed by atoms with van der Waals surface area (Å²) in [4.78, 5) is 24.1. The minimum atomic E-state index is -0.557. The van der Waals surface area contributed by atoms with Gasteiger partial charge in [0.05, 0.1) is 18.4 Å². The third-order valence-electron chi connectivity index (χ3n) is 3.55. The van der Waals surface area contributed by atoms with Crippen LogP contribution in [0.15, 0.2) is 52.7 Å². The maximum atomic E-state index is 12.2. The van der Waals surface area contributed by atoms with E-state index in [4.69, 9.17) is 14.4 Å². The van der Waals surface area contributed by atoms with Crippen LogP contribution < -0.4 is 5.32 Å². The normalized spacial score (nSPS) is 10.8. The lowest BCUT2D eigenvalue weighted by Gasteiger charge is -2.07. The van der Waals surface area contributed by atoms with Gasteiger partial charge in [-0.2, -0.15) is 5.26 Å². The van der Waals surface area contributed by atoms with Crippen LogP contribution in [0.4, 0.5) is 5.69 Å². The number of anilines is 1. The Morgan fingerprint density at radius 1 is 1.23 bits per heavy atom.